The molecular weight excluding hydrogens is 392 g/mol. The zero-order valence-corrected chi connectivity index (χ0v) is 16.5. The Kier molecular flexibility index (Phi) is 6.40. The molecule has 3 aromatic rings. The van der Waals surface area contributed by atoms with Crippen LogP contribution in [0.3, 0.4) is 0 Å². The molecule has 150 valence electrons. The Morgan fingerprint density at radius 1 is 1.00 bits per heavy atom. The lowest BCUT2D eigenvalue weighted by atomic mass is 10.1. The van der Waals surface area contributed by atoms with Gasteiger partial charge in [0.05, 0.1) is 12.0 Å². The van der Waals surface area contributed by atoms with Crippen molar-refractivity contribution in [2.75, 3.05) is 17.1 Å². The number of hydrogen-bond donors (Lipinski definition) is 2. The molecule has 9 heteroatoms. The fourth-order valence-electron chi connectivity index (χ4n) is 2.57. The predicted molar refractivity (Wildman–Crippen MR) is 109 cm³/mol. The van der Waals surface area contributed by atoms with E-state index in [2.05, 4.69) is 20.0 Å². The van der Waals surface area contributed by atoms with Crippen molar-refractivity contribution in [3.05, 3.63) is 72.6 Å². The molecule has 0 saturated heterocycles. The lowest BCUT2D eigenvalue weighted by molar-refractivity contribution is -0.116. The minimum Gasteiger partial charge on any atom is -0.478 e. The number of carbonyl (C=O) groups excluding carboxylic acids is 1. The van der Waals surface area contributed by atoms with Gasteiger partial charge in [-0.25, -0.2) is 18.4 Å². The fourth-order valence-corrected chi connectivity index (χ4v) is 3.58. The van der Waals surface area contributed by atoms with Crippen molar-refractivity contribution in [2.45, 2.75) is 17.7 Å². The zero-order valence-electron chi connectivity index (χ0n) is 15.7. The van der Waals surface area contributed by atoms with E-state index in [-0.39, 0.29) is 22.5 Å². The van der Waals surface area contributed by atoms with E-state index in [0.717, 1.165) is 5.56 Å². The van der Waals surface area contributed by atoms with Gasteiger partial charge in [-0.1, -0.05) is 30.3 Å². The molecule has 0 saturated carbocycles. The number of nitrogens with one attached hydrogen (secondary N) is 2. The number of sulfonamides is 1. The van der Waals surface area contributed by atoms with Crippen molar-refractivity contribution in [3.8, 4) is 5.88 Å². The summed E-state index contributed by atoms with van der Waals surface area (Å²) in [6, 6.07) is 15.6. The van der Waals surface area contributed by atoms with Crippen LogP contribution in [0.1, 0.15) is 12.0 Å². The molecule has 1 amide bonds. The molecule has 0 bridgehead atoms. The normalized spacial score (nSPS) is 10.9. The number of hydrogen-bond acceptors (Lipinski definition) is 6. The summed E-state index contributed by atoms with van der Waals surface area (Å²) in [6.07, 6.45) is 3.71. The van der Waals surface area contributed by atoms with E-state index in [0.29, 0.717) is 18.5 Å². The molecule has 1 heterocycles. The molecule has 3 rings (SSSR count). The van der Waals surface area contributed by atoms with Crippen LogP contribution in [0.5, 0.6) is 5.88 Å². The number of aromatic nitrogens is 2. The monoisotopic (exact) mass is 412 g/mol. The summed E-state index contributed by atoms with van der Waals surface area (Å²) in [5, 5.41) is 2.76. The summed E-state index contributed by atoms with van der Waals surface area (Å²) < 4.78 is 32.4. The van der Waals surface area contributed by atoms with Crippen molar-refractivity contribution in [1.29, 1.82) is 0 Å². The topological polar surface area (TPSA) is 110 Å². The van der Waals surface area contributed by atoms with Crippen LogP contribution in [-0.4, -0.2) is 31.4 Å². The summed E-state index contributed by atoms with van der Waals surface area (Å²) >= 11 is 0. The third-order valence-electron chi connectivity index (χ3n) is 4.02. The molecule has 2 aromatic carbocycles. The summed E-state index contributed by atoms with van der Waals surface area (Å²) in [5.41, 5.74) is 1.59. The molecule has 0 radical (unpaired) electrons. The van der Waals surface area contributed by atoms with Gasteiger partial charge in [0.1, 0.15) is 0 Å². The van der Waals surface area contributed by atoms with E-state index < -0.39 is 10.0 Å². The Balaban J connectivity index is 1.62. The van der Waals surface area contributed by atoms with Gasteiger partial charge >= 0.3 is 0 Å². The van der Waals surface area contributed by atoms with Crippen LogP contribution in [-0.2, 0) is 21.2 Å². The number of methoxy groups -OCH3 is 1. The van der Waals surface area contributed by atoms with E-state index >= 15 is 0 Å². The first-order chi connectivity index (χ1) is 14.0. The molecule has 29 heavy (non-hydrogen) atoms. The maximum atomic E-state index is 12.5. The van der Waals surface area contributed by atoms with Crippen LogP contribution < -0.4 is 14.8 Å². The average Bonchev–Trinajstić information content (AvgIpc) is 2.73. The van der Waals surface area contributed by atoms with Gasteiger partial charge in [-0.2, -0.15) is 0 Å². The first kappa shape index (κ1) is 20.3. The van der Waals surface area contributed by atoms with Crippen molar-refractivity contribution < 1.29 is 17.9 Å². The van der Waals surface area contributed by atoms with Gasteiger partial charge in [0.15, 0.2) is 0 Å². The molecule has 0 unspecified atom stereocenters. The summed E-state index contributed by atoms with van der Waals surface area (Å²) in [7, 11) is -2.51. The predicted octanol–water partition coefficient (Wildman–Crippen LogP) is 2.86. The molecule has 2 N–H and O–H groups in total. The number of rotatable bonds is 8. The number of benzene rings is 2. The minimum absolute atomic E-state index is 0.00621. The van der Waals surface area contributed by atoms with Crippen molar-refractivity contribution in [2.24, 2.45) is 0 Å². The fraction of sp³-hybridized carbons (Fsp3) is 0.150. The molecule has 0 aliphatic carbocycles. The number of anilines is 2. The van der Waals surface area contributed by atoms with Gasteiger partial charge in [0, 0.05) is 24.5 Å². The summed E-state index contributed by atoms with van der Waals surface area (Å²) in [4.78, 5) is 20.0. The summed E-state index contributed by atoms with van der Waals surface area (Å²) in [5.74, 6) is -0.0847. The Morgan fingerprint density at radius 3 is 2.38 bits per heavy atom. The van der Waals surface area contributed by atoms with E-state index in [9.17, 15) is 13.2 Å². The number of aryl methyl sites for hydroxylation is 1. The lowest BCUT2D eigenvalue weighted by Crippen LogP contribution is -2.15. The maximum Gasteiger partial charge on any atom is 0.263 e. The van der Waals surface area contributed by atoms with Gasteiger partial charge < -0.3 is 10.1 Å². The van der Waals surface area contributed by atoms with Crippen molar-refractivity contribution in [3.63, 3.8) is 0 Å². The second kappa shape index (κ2) is 9.16. The van der Waals surface area contributed by atoms with Crippen molar-refractivity contribution >= 4 is 27.4 Å². The van der Waals surface area contributed by atoms with E-state index in [1.54, 1.807) is 0 Å². The number of carbonyl (C=O) groups is 1. The maximum absolute atomic E-state index is 12.5. The molecule has 0 spiro atoms. The highest BCUT2D eigenvalue weighted by Gasteiger charge is 2.18. The van der Waals surface area contributed by atoms with Crippen LogP contribution in [0.25, 0.3) is 0 Å². The van der Waals surface area contributed by atoms with Crippen LogP contribution >= 0.6 is 0 Å². The largest absolute Gasteiger partial charge is 0.478 e. The van der Waals surface area contributed by atoms with Crippen molar-refractivity contribution in [1.82, 2.24) is 9.97 Å². The lowest BCUT2D eigenvalue weighted by Gasteiger charge is -2.10. The van der Waals surface area contributed by atoms with Crippen LogP contribution in [0.2, 0.25) is 0 Å². The van der Waals surface area contributed by atoms with Gasteiger partial charge in [0.25, 0.3) is 15.9 Å². The number of ether oxygens (including phenoxy) is 1. The number of amides is 1. The molecular formula is C20H20N4O4S. The molecule has 0 fully saturated rings. The van der Waals surface area contributed by atoms with Crippen LogP contribution in [0, 0.1) is 0 Å². The number of nitrogens with zero attached hydrogens (tertiary/aromatic N) is 2. The smallest absolute Gasteiger partial charge is 0.263 e. The van der Waals surface area contributed by atoms with Gasteiger partial charge in [-0.05, 0) is 36.2 Å². The average molecular weight is 412 g/mol. The standard InChI is InChI=1S/C20H20N4O4S/c1-28-20-19(21-13-14-22-20)24-29(26,27)17-10-8-16(9-11-17)23-18(25)12-7-15-5-3-2-4-6-15/h2-6,8-11,13-14H,7,12H2,1H3,(H,21,24)(H,23,25). The zero-order chi connectivity index (χ0) is 20.7. The Morgan fingerprint density at radius 2 is 1.69 bits per heavy atom. The van der Waals surface area contributed by atoms with Gasteiger partial charge in [0.2, 0.25) is 11.7 Å². The molecule has 0 aliphatic rings. The highest BCUT2D eigenvalue weighted by Crippen LogP contribution is 2.22. The first-order valence-electron chi connectivity index (χ1n) is 8.79. The highest BCUT2D eigenvalue weighted by atomic mass is 32.2. The third-order valence-corrected chi connectivity index (χ3v) is 5.38. The molecule has 1 aromatic heterocycles. The SMILES string of the molecule is COc1nccnc1NS(=O)(=O)c1ccc(NC(=O)CCc2ccccc2)cc1. The van der Waals surface area contributed by atoms with Crippen LogP contribution in [0.15, 0.2) is 71.9 Å². The molecule has 0 atom stereocenters. The summed E-state index contributed by atoms with van der Waals surface area (Å²) in [6.45, 7) is 0. The highest BCUT2D eigenvalue weighted by molar-refractivity contribution is 7.92. The Labute approximate surface area is 169 Å². The second-order valence-corrected chi connectivity index (χ2v) is 7.76. The van der Waals surface area contributed by atoms with Crippen LogP contribution in [0.4, 0.5) is 11.5 Å². The molecule has 8 nitrogen and oxygen atoms in total. The second-order valence-electron chi connectivity index (χ2n) is 6.08. The Hall–Kier alpha value is -3.46. The van der Waals surface area contributed by atoms with Gasteiger partial charge in [-0.3, -0.25) is 9.52 Å². The third kappa shape index (κ3) is 5.52. The van der Waals surface area contributed by atoms with E-state index in [1.165, 1.54) is 43.8 Å². The first-order valence-corrected chi connectivity index (χ1v) is 10.3. The quantitative estimate of drug-likeness (QED) is 0.589. The molecule has 0 aliphatic heterocycles. The van der Waals surface area contributed by atoms with E-state index in [4.69, 9.17) is 4.74 Å². The van der Waals surface area contributed by atoms with Gasteiger partial charge in [-0.15, -0.1) is 0 Å². The minimum atomic E-state index is -3.88. The Bertz CT molecular complexity index is 1070. The van der Waals surface area contributed by atoms with E-state index in [1.807, 2.05) is 30.3 Å².